The molecule has 1 aromatic carbocycles. The third kappa shape index (κ3) is 3.33. The molecule has 1 saturated heterocycles. The molecule has 6 heteroatoms. The van der Waals surface area contributed by atoms with Crippen LogP contribution in [0.25, 0.3) is 0 Å². The number of hydrogen-bond donors (Lipinski definition) is 1. The number of anilines is 2. The van der Waals surface area contributed by atoms with Crippen LogP contribution < -0.4 is 10.2 Å². The smallest absolute Gasteiger partial charge is 0.321 e. The van der Waals surface area contributed by atoms with E-state index >= 15 is 0 Å². The lowest BCUT2D eigenvalue weighted by atomic mass is 10.3. The second kappa shape index (κ2) is 6.43. The van der Waals surface area contributed by atoms with Crippen LogP contribution in [0, 0.1) is 6.92 Å². The van der Waals surface area contributed by atoms with Gasteiger partial charge in [-0.2, -0.15) is 0 Å². The van der Waals surface area contributed by atoms with E-state index in [1.165, 1.54) is 0 Å². The van der Waals surface area contributed by atoms with Gasteiger partial charge in [0.2, 0.25) is 0 Å². The Labute approximate surface area is 129 Å². The van der Waals surface area contributed by atoms with Crippen molar-refractivity contribution >= 4 is 17.5 Å². The highest BCUT2D eigenvalue weighted by atomic mass is 16.2. The Morgan fingerprint density at radius 1 is 1.09 bits per heavy atom. The Balaban J connectivity index is 1.56. The number of piperazine rings is 1. The molecule has 22 heavy (non-hydrogen) atoms. The van der Waals surface area contributed by atoms with Crippen LogP contribution in [0.2, 0.25) is 0 Å². The first-order chi connectivity index (χ1) is 10.7. The van der Waals surface area contributed by atoms with Crippen molar-refractivity contribution in [2.24, 2.45) is 0 Å². The summed E-state index contributed by atoms with van der Waals surface area (Å²) in [6.45, 7) is 4.87. The van der Waals surface area contributed by atoms with Crippen molar-refractivity contribution in [1.29, 1.82) is 0 Å². The summed E-state index contributed by atoms with van der Waals surface area (Å²) in [7, 11) is 0. The Bertz CT molecular complexity index is 638. The molecule has 0 radical (unpaired) electrons. The third-order valence-electron chi connectivity index (χ3n) is 3.71. The molecule has 1 aromatic heterocycles. The number of aromatic nitrogens is 2. The SMILES string of the molecule is Cc1cc(N2CCN(C(=O)Nc3ccccc3)CC2)ncn1. The number of carbonyl (C=O) groups is 1. The first-order valence-electron chi connectivity index (χ1n) is 7.37. The molecule has 2 heterocycles. The second-order valence-electron chi connectivity index (χ2n) is 5.29. The van der Waals surface area contributed by atoms with E-state index in [1.807, 2.05) is 48.2 Å². The number of amides is 2. The molecule has 1 N–H and O–H groups in total. The fourth-order valence-corrected chi connectivity index (χ4v) is 2.48. The minimum atomic E-state index is -0.0512. The molecule has 1 aliphatic heterocycles. The monoisotopic (exact) mass is 297 g/mol. The van der Waals surface area contributed by atoms with Crippen LogP contribution in [-0.4, -0.2) is 47.1 Å². The molecule has 1 fully saturated rings. The molecule has 0 aliphatic carbocycles. The minimum Gasteiger partial charge on any atom is -0.353 e. The maximum absolute atomic E-state index is 12.2. The van der Waals surface area contributed by atoms with Crippen molar-refractivity contribution < 1.29 is 4.79 Å². The molecular weight excluding hydrogens is 278 g/mol. The fourth-order valence-electron chi connectivity index (χ4n) is 2.48. The van der Waals surface area contributed by atoms with Crippen LogP contribution in [0.15, 0.2) is 42.7 Å². The number of rotatable bonds is 2. The van der Waals surface area contributed by atoms with Gasteiger partial charge in [0.25, 0.3) is 0 Å². The molecule has 0 spiro atoms. The van der Waals surface area contributed by atoms with Gasteiger partial charge in [0.1, 0.15) is 12.1 Å². The number of aryl methyl sites for hydroxylation is 1. The highest BCUT2D eigenvalue weighted by Crippen LogP contribution is 2.14. The second-order valence-corrected chi connectivity index (χ2v) is 5.29. The topological polar surface area (TPSA) is 61.4 Å². The van der Waals surface area contributed by atoms with Crippen LogP contribution in [-0.2, 0) is 0 Å². The highest BCUT2D eigenvalue weighted by molar-refractivity contribution is 5.89. The predicted octanol–water partition coefficient (Wildman–Crippen LogP) is 2.14. The zero-order valence-electron chi connectivity index (χ0n) is 12.6. The Morgan fingerprint density at radius 2 is 1.82 bits per heavy atom. The largest absolute Gasteiger partial charge is 0.353 e. The zero-order valence-corrected chi connectivity index (χ0v) is 12.6. The van der Waals surface area contributed by atoms with Gasteiger partial charge in [0, 0.05) is 43.6 Å². The minimum absolute atomic E-state index is 0.0512. The molecule has 0 bridgehead atoms. The number of nitrogens with one attached hydrogen (secondary N) is 1. The summed E-state index contributed by atoms with van der Waals surface area (Å²) in [5.41, 5.74) is 1.77. The molecule has 3 rings (SSSR count). The normalized spacial score (nSPS) is 14.8. The van der Waals surface area contributed by atoms with Gasteiger partial charge in [0.15, 0.2) is 0 Å². The van der Waals surface area contributed by atoms with Gasteiger partial charge in [-0.15, -0.1) is 0 Å². The Kier molecular flexibility index (Phi) is 4.18. The van der Waals surface area contributed by atoms with Gasteiger partial charge >= 0.3 is 6.03 Å². The van der Waals surface area contributed by atoms with Gasteiger partial charge in [-0.3, -0.25) is 0 Å². The zero-order chi connectivity index (χ0) is 15.4. The first kappa shape index (κ1) is 14.3. The highest BCUT2D eigenvalue weighted by Gasteiger charge is 2.21. The van der Waals surface area contributed by atoms with Crippen molar-refractivity contribution in [1.82, 2.24) is 14.9 Å². The van der Waals surface area contributed by atoms with Crippen LogP contribution in [0.3, 0.4) is 0 Å². The number of benzene rings is 1. The molecule has 0 unspecified atom stereocenters. The number of carbonyl (C=O) groups excluding carboxylic acids is 1. The van der Waals surface area contributed by atoms with E-state index in [2.05, 4.69) is 20.2 Å². The van der Waals surface area contributed by atoms with Gasteiger partial charge in [-0.25, -0.2) is 14.8 Å². The summed E-state index contributed by atoms with van der Waals surface area (Å²) in [6, 6.07) is 11.4. The van der Waals surface area contributed by atoms with Crippen molar-refractivity contribution in [3.05, 3.63) is 48.4 Å². The summed E-state index contributed by atoms with van der Waals surface area (Å²) >= 11 is 0. The molecule has 0 saturated carbocycles. The van der Waals surface area contributed by atoms with Gasteiger partial charge in [-0.1, -0.05) is 18.2 Å². The lowest BCUT2D eigenvalue weighted by molar-refractivity contribution is 0.208. The van der Waals surface area contributed by atoms with Gasteiger partial charge in [0.05, 0.1) is 0 Å². The van der Waals surface area contributed by atoms with E-state index < -0.39 is 0 Å². The van der Waals surface area contributed by atoms with E-state index in [-0.39, 0.29) is 6.03 Å². The molecule has 1 aliphatic rings. The predicted molar refractivity (Wildman–Crippen MR) is 86.0 cm³/mol. The standard InChI is InChI=1S/C16H19N5O/c1-13-11-15(18-12-17-13)20-7-9-21(10-8-20)16(22)19-14-5-3-2-4-6-14/h2-6,11-12H,7-10H2,1H3,(H,19,22). The number of nitrogens with zero attached hydrogens (tertiary/aromatic N) is 4. The van der Waals surface area contributed by atoms with Crippen LogP contribution in [0.4, 0.5) is 16.3 Å². The maximum Gasteiger partial charge on any atom is 0.321 e. The molecule has 2 aromatic rings. The molecular formula is C16H19N5O. The average Bonchev–Trinajstić information content (AvgIpc) is 2.56. The fraction of sp³-hybridized carbons (Fsp3) is 0.312. The van der Waals surface area contributed by atoms with E-state index in [4.69, 9.17) is 0 Å². The van der Waals surface area contributed by atoms with Gasteiger partial charge in [-0.05, 0) is 19.1 Å². The van der Waals surface area contributed by atoms with Crippen LogP contribution in [0.5, 0.6) is 0 Å². The average molecular weight is 297 g/mol. The molecule has 6 nitrogen and oxygen atoms in total. The Hall–Kier alpha value is -2.63. The third-order valence-corrected chi connectivity index (χ3v) is 3.71. The van der Waals surface area contributed by atoms with E-state index in [0.717, 1.165) is 30.3 Å². The maximum atomic E-state index is 12.2. The molecule has 2 amide bonds. The summed E-state index contributed by atoms with van der Waals surface area (Å²) in [6.07, 6.45) is 1.58. The molecule has 0 atom stereocenters. The number of hydrogen-bond acceptors (Lipinski definition) is 4. The van der Waals surface area contributed by atoms with Gasteiger partial charge < -0.3 is 15.1 Å². The van der Waals surface area contributed by atoms with E-state index in [0.29, 0.717) is 13.1 Å². The van der Waals surface area contributed by atoms with E-state index in [1.54, 1.807) is 6.33 Å². The summed E-state index contributed by atoms with van der Waals surface area (Å²) in [4.78, 5) is 24.7. The lowest BCUT2D eigenvalue weighted by Gasteiger charge is -2.35. The van der Waals surface area contributed by atoms with Crippen LogP contribution >= 0.6 is 0 Å². The number of para-hydroxylation sites is 1. The summed E-state index contributed by atoms with van der Waals surface area (Å²) in [5.74, 6) is 0.926. The summed E-state index contributed by atoms with van der Waals surface area (Å²) in [5, 5.41) is 2.92. The van der Waals surface area contributed by atoms with Crippen molar-refractivity contribution in [2.75, 3.05) is 36.4 Å². The molecule has 114 valence electrons. The van der Waals surface area contributed by atoms with E-state index in [9.17, 15) is 4.79 Å². The van der Waals surface area contributed by atoms with Crippen molar-refractivity contribution in [2.45, 2.75) is 6.92 Å². The van der Waals surface area contributed by atoms with Crippen molar-refractivity contribution in [3.8, 4) is 0 Å². The quantitative estimate of drug-likeness (QED) is 0.922. The number of urea groups is 1. The first-order valence-corrected chi connectivity index (χ1v) is 7.37. The van der Waals surface area contributed by atoms with Crippen molar-refractivity contribution in [3.63, 3.8) is 0 Å². The van der Waals surface area contributed by atoms with Crippen LogP contribution in [0.1, 0.15) is 5.69 Å². The Morgan fingerprint density at radius 3 is 2.50 bits per heavy atom. The lowest BCUT2D eigenvalue weighted by Crippen LogP contribution is -2.50. The summed E-state index contributed by atoms with van der Waals surface area (Å²) < 4.78 is 0.